The summed E-state index contributed by atoms with van der Waals surface area (Å²) in [7, 11) is 1.76. The highest BCUT2D eigenvalue weighted by atomic mass is 19.1. The third kappa shape index (κ3) is 4.01. The topological polar surface area (TPSA) is 61.4 Å². The quantitative estimate of drug-likeness (QED) is 0.585. The van der Waals surface area contributed by atoms with Crippen LogP contribution in [0.3, 0.4) is 0 Å². The highest BCUT2D eigenvalue weighted by Crippen LogP contribution is 2.19. The van der Waals surface area contributed by atoms with Gasteiger partial charge in [-0.25, -0.2) is 4.39 Å². The van der Waals surface area contributed by atoms with Gasteiger partial charge >= 0.3 is 0 Å². The second-order valence-electron chi connectivity index (χ2n) is 5.77. The molecule has 0 aliphatic carbocycles. The molecule has 3 rings (SSSR count). The van der Waals surface area contributed by atoms with Crippen LogP contribution in [0.4, 0.5) is 4.39 Å². The van der Waals surface area contributed by atoms with E-state index >= 15 is 0 Å². The number of H-pyrrole nitrogens is 1. The number of hydrogen-bond donors (Lipinski definition) is 3. The number of fused-ring (bicyclic) bond motifs is 1. The van der Waals surface area contributed by atoms with Crippen molar-refractivity contribution in [2.45, 2.75) is 25.4 Å². The predicted octanol–water partition coefficient (Wildman–Crippen LogP) is 2.19. The van der Waals surface area contributed by atoms with Crippen LogP contribution in [-0.4, -0.2) is 43.8 Å². The highest BCUT2D eigenvalue weighted by Gasteiger charge is 2.15. The second-order valence-corrected chi connectivity index (χ2v) is 5.77. The smallest absolute Gasteiger partial charge is 0.191 e. The van der Waals surface area contributed by atoms with Gasteiger partial charge in [-0.15, -0.1) is 0 Å². The van der Waals surface area contributed by atoms with Crippen molar-refractivity contribution in [3.8, 4) is 0 Å². The average Bonchev–Trinajstić information content (AvgIpc) is 3.20. The fraction of sp³-hybridized carbons (Fsp3) is 0.471. The monoisotopic (exact) mass is 318 g/mol. The standard InChI is InChI=1S/C17H23FN4O/c1-19-17(22-11-14-3-2-8-23-14)20-7-6-12-10-21-16-5-4-13(18)9-15(12)16/h4-5,9-10,14,21H,2-3,6-8,11H2,1H3,(H2,19,20,22). The van der Waals surface area contributed by atoms with Gasteiger partial charge < -0.3 is 20.4 Å². The number of aliphatic imine (C=N–C) groups is 1. The molecule has 1 unspecified atom stereocenters. The molecule has 0 radical (unpaired) electrons. The van der Waals surface area contributed by atoms with E-state index in [1.54, 1.807) is 19.2 Å². The first-order valence-corrected chi connectivity index (χ1v) is 8.08. The van der Waals surface area contributed by atoms with E-state index in [1.807, 2.05) is 6.20 Å². The van der Waals surface area contributed by atoms with Crippen LogP contribution in [0.5, 0.6) is 0 Å². The lowest BCUT2D eigenvalue weighted by Crippen LogP contribution is -2.41. The van der Waals surface area contributed by atoms with E-state index in [4.69, 9.17) is 4.74 Å². The molecule has 1 fully saturated rings. The number of halogens is 1. The Hall–Kier alpha value is -2.08. The molecule has 1 aliphatic heterocycles. The van der Waals surface area contributed by atoms with Crippen LogP contribution >= 0.6 is 0 Å². The SMILES string of the molecule is CN=C(NCCc1c[nH]c2ccc(F)cc12)NCC1CCCO1. The summed E-state index contributed by atoms with van der Waals surface area (Å²) >= 11 is 0. The van der Waals surface area contributed by atoms with Crippen molar-refractivity contribution in [2.24, 2.45) is 4.99 Å². The predicted molar refractivity (Wildman–Crippen MR) is 90.3 cm³/mol. The number of rotatable bonds is 5. The lowest BCUT2D eigenvalue weighted by atomic mass is 10.1. The Bertz CT molecular complexity index is 676. The van der Waals surface area contributed by atoms with Crippen LogP contribution in [0.15, 0.2) is 29.4 Å². The molecule has 0 amide bonds. The zero-order valence-electron chi connectivity index (χ0n) is 13.4. The first kappa shape index (κ1) is 15.8. The van der Waals surface area contributed by atoms with E-state index in [0.29, 0.717) is 0 Å². The van der Waals surface area contributed by atoms with Crippen molar-refractivity contribution in [1.82, 2.24) is 15.6 Å². The molecule has 6 heteroatoms. The van der Waals surface area contributed by atoms with Gasteiger partial charge in [-0.1, -0.05) is 0 Å². The highest BCUT2D eigenvalue weighted by molar-refractivity contribution is 5.83. The number of guanidine groups is 1. The minimum atomic E-state index is -0.208. The number of nitrogens with zero attached hydrogens (tertiary/aromatic N) is 1. The molecule has 2 aromatic rings. The molecule has 5 nitrogen and oxygen atoms in total. The Labute approximate surface area is 135 Å². The summed E-state index contributed by atoms with van der Waals surface area (Å²) in [6.45, 7) is 2.36. The van der Waals surface area contributed by atoms with Crippen LogP contribution < -0.4 is 10.6 Å². The van der Waals surface area contributed by atoms with Crippen LogP contribution in [0.25, 0.3) is 10.9 Å². The molecule has 1 aromatic carbocycles. The van der Waals surface area contributed by atoms with Gasteiger partial charge in [0.2, 0.25) is 0 Å². The van der Waals surface area contributed by atoms with E-state index in [-0.39, 0.29) is 11.9 Å². The fourth-order valence-corrected chi connectivity index (χ4v) is 2.91. The van der Waals surface area contributed by atoms with Crippen LogP contribution in [0, 0.1) is 5.82 Å². The number of ether oxygens (including phenoxy) is 1. The molecular formula is C17H23FN4O. The largest absolute Gasteiger partial charge is 0.376 e. The zero-order valence-corrected chi connectivity index (χ0v) is 13.4. The molecule has 2 heterocycles. The second kappa shape index (κ2) is 7.46. The Morgan fingerprint density at radius 1 is 1.43 bits per heavy atom. The Morgan fingerprint density at radius 3 is 3.13 bits per heavy atom. The first-order chi connectivity index (χ1) is 11.3. The van der Waals surface area contributed by atoms with Crippen molar-refractivity contribution < 1.29 is 9.13 Å². The van der Waals surface area contributed by atoms with E-state index < -0.39 is 0 Å². The normalized spacial score (nSPS) is 18.5. The summed E-state index contributed by atoms with van der Waals surface area (Å²) in [6, 6.07) is 4.81. The van der Waals surface area contributed by atoms with Gasteiger partial charge in [-0.05, 0) is 43.0 Å². The maximum atomic E-state index is 13.4. The Kier molecular flexibility index (Phi) is 5.12. The number of hydrogen-bond acceptors (Lipinski definition) is 2. The molecule has 1 aromatic heterocycles. The minimum absolute atomic E-state index is 0.208. The van der Waals surface area contributed by atoms with Crippen LogP contribution in [-0.2, 0) is 11.2 Å². The average molecular weight is 318 g/mol. The maximum absolute atomic E-state index is 13.4. The van der Waals surface area contributed by atoms with Crippen molar-refractivity contribution in [3.05, 3.63) is 35.8 Å². The van der Waals surface area contributed by atoms with Crippen LogP contribution in [0.1, 0.15) is 18.4 Å². The summed E-state index contributed by atoms with van der Waals surface area (Å²) in [5, 5.41) is 7.51. The fourth-order valence-electron chi connectivity index (χ4n) is 2.91. The number of aromatic amines is 1. The third-order valence-electron chi connectivity index (χ3n) is 4.16. The lowest BCUT2D eigenvalue weighted by Gasteiger charge is -2.14. The van der Waals surface area contributed by atoms with Crippen LogP contribution in [0.2, 0.25) is 0 Å². The molecular weight excluding hydrogens is 295 g/mol. The molecule has 1 aliphatic rings. The number of nitrogens with one attached hydrogen (secondary N) is 3. The van der Waals surface area contributed by atoms with Gasteiger partial charge in [0.25, 0.3) is 0 Å². The molecule has 23 heavy (non-hydrogen) atoms. The van der Waals surface area contributed by atoms with Gasteiger partial charge in [-0.2, -0.15) is 0 Å². The Balaban J connectivity index is 1.49. The molecule has 0 spiro atoms. The number of aromatic nitrogens is 1. The van der Waals surface area contributed by atoms with Gasteiger partial charge in [0.1, 0.15) is 5.82 Å². The summed E-state index contributed by atoms with van der Waals surface area (Å²) in [5.41, 5.74) is 2.06. The first-order valence-electron chi connectivity index (χ1n) is 8.08. The van der Waals surface area contributed by atoms with Gasteiger partial charge in [0.15, 0.2) is 5.96 Å². The van der Waals surface area contributed by atoms with E-state index in [0.717, 1.165) is 61.4 Å². The summed E-state index contributed by atoms with van der Waals surface area (Å²) in [6.07, 6.45) is 5.25. The number of benzene rings is 1. The summed E-state index contributed by atoms with van der Waals surface area (Å²) < 4.78 is 19.0. The molecule has 0 bridgehead atoms. The molecule has 124 valence electrons. The Morgan fingerprint density at radius 2 is 2.35 bits per heavy atom. The molecule has 3 N–H and O–H groups in total. The minimum Gasteiger partial charge on any atom is -0.376 e. The molecule has 0 saturated carbocycles. The maximum Gasteiger partial charge on any atom is 0.191 e. The summed E-state index contributed by atoms with van der Waals surface area (Å²) in [5.74, 6) is 0.562. The van der Waals surface area contributed by atoms with E-state index in [2.05, 4.69) is 20.6 Å². The van der Waals surface area contributed by atoms with Crippen molar-refractivity contribution in [1.29, 1.82) is 0 Å². The van der Waals surface area contributed by atoms with Gasteiger partial charge in [-0.3, -0.25) is 4.99 Å². The van der Waals surface area contributed by atoms with Gasteiger partial charge in [0, 0.05) is 43.8 Å². The lowest BCUT2D eigenvalue weighted by molar-refractivity contribution is 0.114. The van der Waals surface area contributed by atoms with E-state index in [9.17, 15) is 4.39 Å². The van der Waals surface area contributed by atoms with Crippen molar-refractivity contribution in [2.75, 3.05) is 26.7 Å². The molecule has 1 saturated heterocycles. The van der Waals surface area contributed by atoms with Gasteiger partial charge in [0.05, 0.1) is 6.10 Å². The molecule has 1 atom stereocenters. The third-order valence-corrected chi connectivity index (χ3v) is 4.16. The van der Waals surface area contributed by atoms with Crippen molar-refractivity contribution in [3.63, 3.8) is 0 Å². The summed E-state index contributed by atoms with van der Waals surface area (Å²) in [4.78, 5) is 7.39. The van der Waals surface area contributed by atoms with Crippen molar-refractivity contribution >= 4 is 16.9 Å². The van der Waals surface area contributed by atoms with E-state index in [1.165, 1.54) is 6.07 Å². The zero-order chi connectivity index (χ0) is 16.1.